The van der Waals surface area contributed by atoms with Crippen molar-refractivity contribution in [2.45, 2.75) is 64.0 Å². The van der Waals surface area contributed by atoms with E-state index in [1.165, 1.54) is 4.31 Å². The molecule has 1 aliphatic heterocycles. The Balaban J connectivity index is 2.07. The molecule has 0 aromatic heterocycles. The van der Waals surface area contributed by atoms with Crippen LogP contribution in [-0.2, 0) is 15.0 Å². The van der Waals surface area contributed by atoms with E-state index in [0.29, 0.717) is 32.2 Å². The van der Waals surface area contributed by atoms with E-state index in [4.69, 9.17) is 0 Å². The summed E-state index contributed by atoms with van der Waals surface area (Å²) in [6, 6.07) is 0.0725. The van der Waals surface area contributed by atoms with Gasteiger partial charge in [-0.3, -0.25) is 4.79 Å². The van der Waals surface area contributed by atoms with Gasteiger partial charge in [0.2, 0.25) is 0 Å². The maximum atomic E-state index is 12.6. The third kappa shape index (κ3) is 3.17. The molecule has 110 valence electrons. The third-order valence-electron chi connectivity index (χ3n) is 4.43. The Kier molecular flexibility index (Phi) is 4.63. The second-order valence-electron chi connectivity index (χ2n) is 5.75. The first-order valence-electron chi connectivity index (χ1n) is 7.19. The molecular formula is C13H24N2O3S. The Morgan fingerprint density at radius 1 is 1.16 bits per heavy atom. The standard InChI is InChI=1S/C13H24N2O3S/c1-11-5-3-4-10-15(11)19(17,18)14(2)12-6-8-13(16)9-7-12/h11-12H,3-10H2,1-2H3. The topological polar surface area (TPSA) is 57.7 Å². The molecule has 1 saturated carbocycles. The molecule has 1 atom stereocenters. The molecular weight excluding hydrogens is 264 g/mol. The van der Waals surface area contributed by atoms with Crippen LogP contribution < -0.4 is 0 Å². The van der Waals surface area contributed by atoms with Gasteiger partial charge in [-0.1, -0.05) is 6.42 Å². The van der Waals surface area contributed by atoms with Crippen LogP contribution in [0.25, 0.3) is 0 Å². The van der Waals surface area contributed by atoms with Gasteiger partial charge >= 0.3 is 0 Å². The lowest BCUT2D eigenvalue weighted by atomic mass is 9.95. The van der Waals surface area contributed by atoms with E-state index in [-0.39, 0.29) is 17.9 Å². The van der Waals surface area contributed by atoms with Crippen LogP contribution in [0.1, 0.15) is 51.9 Å². The summed E-state index contributed by atoms with van der Waals surface area (Å²) in [4.78, 5) is 11.3. The predicted octanol–water partition coefficient (Wildman–Crippen LogP) is 1.55. The summed E-state index contributed by atoms with van der Waals surface area (Å²) in [6.07, 6.45) is 5.35. The molecule has 6 heteroatoms. The predicted molar refractivity (Wildman–Crippen MR) is 74.0 cm³/mol. The van der Waals surface area contributed by atoms with E-state index < -0.39 is 10.2 Å². The van der Waals surface area contributed by atoms with Gasteiger partial charge in [0.05, 0.1) is 0 Å². The number of nitrogens with zero attached hydrogens (tertiary/aromatic N) is 2. The van der Waals surface area contributed by atoms with Crippen LogP contribution in [0.4, 0.5) is 0 Å². The van der Waals surface area contributed by atoms with Crippen LogP contribution >= 0.6 is 0 Å². The van der Waals surface area contributed by atoms with Crippen LogP contribution in [-0.4, -0.2) is 48.5 Å². The minimum absolute atomic E-state index is 0.0168. The summed E-state index contributed by atoms with van der Waals surface area (Å²) in [5.41, 5.74) is 0. The van der Waals surface area contributed by atoms with Crippen molar-refractivity contribution < 1.29 is 13.2 Å². The number of piperidine rings is 1. The Morgan fingerprint density at radius 3 is 2.37 bits per heavy atom. The van der Waals surface area contributed by atoms with Crippen LogP contribution in [0.3, 0.4) is 0 Å². The lowest BCUT2D eigenvalue weighted by Gasteiger charge is -2.38. The van der Waals surface area contributed by atoms with Crippen molar-refractivity contribution in [1.29, 1.82) is 0 Å². The van der Waals surface area contributed by atoms with Gasteiger partial charge in [-0.15, -0.1) is 0 Å². The maximum absolute atomic E-state index is 12.6. The lowest BCUT2D eigenvalue weighted by Crippen LogP contribution is -2.51. The highest BCUT2D eigenvalue weighted by atomic mass is 32.2. The first kappa shape index (κ1) is 14.9. The molecule has 5 nitrogen and oxygen atoms in total. The number of ketones is 1. The molecule has 2 rings (SSSR count). The second kappa shape index (κ2) is 5.89. The van der Waals surface area contributed by atoms with Gasteiger partial charge in [-0.05, 0) is 32.6 Å². The smallest absolute Gasteiger partial charge is 0.282 e. The van der Waals surface area contributed by atoms with Gasteiger partial charge < -0.3 is 0 Å². The fourth-order valence-corrected chi connectivity index (χ4v) is 4.89. The fourth-order valence-electron chi connectivity index (χ4n) is 3.06. The fraction of sp³-hybridized carbons (Fsp3) is 0.923. The van der Waals surface area contributed by atoms with Crippen LogP contribution in [0.15, 0.2) is 0 Å². The highest BCUT2D eigenvalue weighted by molar-refractivity contribution is 7.86. The van der Waals surface area contributed by atoms with Crippen LogP contribution in [0.5, 0.6) is 0 Å². The average Bonchev–Trinajstić information content (AvgIpc) is 2.39. The number of carbonyl (C=O) groups is 1. The van der Waals surface area contributed by atoms with Crippen molar-refractivity contribution in [1.82, 2.24) is 8.61 Å². The Hall–Kier alpha value is -0.460. The molecule has 1 heterocycles. The molecule has 0 spiro atoms. The van der Waals surface area contributed by atoms with E-state index in [1.54, 1.807) is 11.4 Å². The zero-order valence-electron chi connectivity index (χ0n) is 11.8. The summed E-state index contributed by atoms with van der Waals surface area (Å²) in [6.45, 7) is 2.61. The van der Waals surface area contributed by atoms with E-state index in [1.807, 2.05) is 6.92 Å². The number of rotatable bonds is 3. The quantitative estimate of drug-likeness (QED) is 0.791. The van der Waals surface area contributed by atoms with Gasteiger partial charge in [0.25, 0.3) is 10.2 Å². The van der Waals surface area contributed by atoms with E-state index >= 15 is 0 Å². The lowest BCUT2D eigenvalue weighted by molar-refractivity contribution is -0.120. The average molecular weight is 288 g/mol. The molecule has 1 unspecified atom stereocenters. The zero-order valence-corrected chi connectivity index (χ0v) is 12.7. The van der Waals surface area contributed by atoms with Crippen molar-refractivity contribution in [3.63, 3.8) is 0 Å². The Morgan fingerprint density at radius 2 is 1.79 bits per heavy atom. The summed E-state index contributed by atoms with van der Waals surface area (Å²) in [7, 11) is -1.71. The number of hydrogen-bond acceptors (Lipinski definition) is 3. The summed E-state index contributed by atoms with van der Waals surface area (Å²) in [5, 5.41) is 0. The summed E-state index contributed by atoms with van der Waals surface area (Å²) >= 11 is 0. The van der Waals surface area contributed by atoms with E-state index in [0.717, 1.165) is 19.3 Å². The van der Waals surface area contributed by atoms with E-state index in [9.17, 15) is 13.2 Å². The van der Waals surface area contributed by atoms with Crippen molar-refractivity contribution in [3.8, 4) is 0 Å². The molecule has 1 saturated heterocycles. The number of carbonyl (C=O) groups excluding carboxylic acids is 1. The van der Waals surface area contributed by atoms with Crippen molar-refractivity contribution in [2.24, 2.45) is 0 Å². The molecule has 2 fully saturated rings. The highest BCUT2D eigenvalue weighted by Crippen LogP contribution is 2.26. The monoisotopic (exact) mass is 288 g/mol. The summed E-state index contributed by atoms with van der Waals surface area (Å²) in [5.74, 6) is 0.258. The van der Waals surface area contributed by atoms with Gasteiger partial charge in [0.1, 0.15) is 5.78 Å². The van der Waals surface area contributed by atoms with Gasteiger partial charge in [-0.2, -0.15) is 17.0 Å². The normalized spacial score (nSPS) is 27.9. The van der Waals surface area contributed by atoms with Crippen molar-refractivity contribution >= 4 is 16.0 Å². The third-order valence-corrected chi connectivity index (χ3v) is 6.59. The molecule has 0 radical (unpaired) electrons. The minimum atomic E-state index is -3.37. The van der Waals surface area contributed by atoms with Gasteiger partial charge in [0.15, 0.2) is 0 Å². The van der Waals surface area contributed by atoms with Gasteiger partial charge in [-0.25, -0.2) is 0 Å². The first-order valence-corrected chi connectivity index (χ1v) is 8.59. The maximum Gasteiger partial charge on any atom is 0.282 e. The van der Waals surface area contributed by atoms with Crippen molar-refractivity contribution in [3.05, 3.63) is 0 Å². The Bertz CT molecular complexity index is 425. The van der Waals surface area contributed by atoms with E-state index in [2.05, 4.69) is 0 Å². The molecule has 19 heavy (non-hydrogen) atoms. The molecule has 0 N–H and O–H groups in total. The molecule has 0 aromatic rings. The molecule has 0 aromatic carbocycles. The van der Waals surface area contributed by atoms with Crippen LogP contribution in [0, 0.1) is 0 Å². The largest absolute Gasteiger partial charge is 0.300 e. The molecule has 0 amide bonds. The number of hydrogen-bond donors (Lipinski definition) is 0. The molecule has 2 aliphatic rings. The zero-order chi connectivity index (χ0) is 14.0. The minimum Gasteiger partial charge on any atom is -0.300 e. The molecule has 0 bridgehead atoms. The first-order chi connectivity index (χ1) is 8.93. The van der Waals surface area contributed by atoms with Crippen molar-refractivity contribution in [2.75, 3.05) is 13.6 Å². The van der Waals surface area contributed by atoms with Crippen LogP contribution in [0.2, 0.25) is 0 Å². The highest BCUT2D eigenvalue weighted by Gasteiger charge is 2.36. The Labute approximate surface area is 116 Å². The summed E-state index contributed by atoms with van der Waals surface area (Å²) < 4.78 is 28.4. The van der Waals surface area contributed by atoms with Gasteiger partial charge in [0, 0.05) is 38.5 Å². The molecule has 1 aliphatic carbocycles. The SMILES string of the molecule is CC1CCCCN1S(=O)(=O)N(C)C1CCC(=O)CC1. The second-order valence-corrected chi connectivity index (χ2v) is 7.69. The number of Topliss-reactive ketones (excluding diaryl/α,β-unsaturated/α-hetero) is 1.